The maximum atomic E-state index is 13.6. The van der Waals surface area contributed by atoms with Crippen LogP contribution in [0.4, 0.5) is 0 Å². The normalized spacial score (nSPS) is 11.0. The van der Waals surface area contributed by atoms with Crippen LogP contribution in [0.5, 0.6) is 5.75 Å². The number of nitrogens with one attached hydrogen (secondary N) is 1. The molecule has 4 aromatic rings. The summed E-state index contributed by atoms with van der Waals surface area (Å²) in [6, 6.07) is 18.8. The second-order valence-electron chi connectivity index (χ2n) is 9.06. The van der Waals surface area contributed by atoms with Gasteiger partial charge in [0.25, 0.3) is 5.56 Å². The molecule has 0 atom stereocenters. The molecule has 1 heterocycles. The number of aryl methyl sites for hydroxylation is 3. The van der Waals surface area contributed by atoms with Crippen molar-refractivity contribution >= 4 is 16.8 Å². The van der Waals surface area contributed by atoms with Crippen LogP contribution in [-0.2, 0) is 24.4 Å². The first kappa shape index (κ1) is 25.0. The van der Waals surface area contributed by atoms with E-state index >= 15 is 0 Å². The van der Waals surface area contributed by atoms with Crippen LogP contribution in [0.2, 0.25) is 0 Å². The first-order chi connectivity index (χ1) is 17.3. The summed E-state index contributed by atoms with van der Waals surface area (Å²) < 4.78 is 8.13. The molecule has 0 unspecified atom stereocenters. The summed E-state index contributed by atoms with van der Waals surface area (Å²) in [7, 11) is 1.58. The number of para-hydroxylation sites is 2. The molecular formula is C29H31N3O4. The summed E-state index contributed by atoms with van der Waals surface area (Å²) in [6.45, 7) is 6.75. The van der Waals surface area contributed by atoms with E-state index in [9.17, 15) is 14.4 Å². The zero-order valence-corrected chi connectivity index (χ0v) is 21.1. The van der Waals surface area contributed by atoms with Crippen LogP contribution in [0.3, 0.4) is 0 Å². The van der Waals surface area contributed by atoms with Crippen molar-refractivity contribution in [2.24, 2.45) is 0 Å². The molecule has 0 saturated heterocycles. The molecule has 0 aliphatic heterocycles. The number of fused-ring (bicyclic) bond motifs is 1. The second-order valence-corrected chi connectivity index (χ2v) is 9.06. The highest BCUT2D eigenvalue weighted by Gasteiger charge is 2.16. The zero-order chi connectivity index (χ0) is 25.8. The smallest absolute Gasteiger partial charge is 0.331 e. The fraction of sp³-hybridized carbons (Fsp3) is 0.276. The molecule has 0 aliphatic carbocycles. The van der Waals surface area contributed by atoms with Gasteiger partial charge in [-0.3, -0.25) is 18.7 Å². The van der Waals surface area contributed by atoms with Gasteiger partial charge in [0.2, 0.25) is 5.91 Å². The van der Waals surface area contributed by atoms with Crippen LogP contribution in [0, 0.1) is 20.8 Å². The highest BCUT2D eigenvalue weighted by atomic mass is 16.5. The third-order valence-corrected chi connectivity index (χ3v) is 6.52. The first-order valence-corrected chi connectivity index (χ1v) is 12.0. The Morgan fingerprint density at radius 2 is 1.58 bits per heavy atom. The van der Waals surface area contributed by atoms with Crippen molar-refractivity contribution in [3.8, 4) is 5.75 Å². The SMILES string of the molecule is COc1ccccc1CNC(=O)CCn1c(=O)c2ccccc2n(Cc2c(C)cc(C)cc2C)c1=O. The average Bonchev–Trinajstić information content (AvgIpc) is 2.86. The van der Waals surface area contributed by atoms with Crippen molar-refractivity contribution in [3.05, 3.63) is 109 Å². The number of hydrogen-bond acceptors (Lipinski definition) is 4. The molecule has 7 nitrogen and oxygen atoms in total. The van der Waals surface area contributed by atoms with E-state index in [1.54, 1.807) is 29.9 Å². The maximum absolute atomic E-state index is 13.6. The lowest BCUT2D eigenvalue weighted by atomic mass is 9.99. The Morgan fingerprint density at radius 3 is 2.31 bits per heavy atom. The molecule has 0 spiro atoms. The summed E-state index contributed by atoms with van der Waals surface area (Å²) >= 11 is 0. The zero-order valence-electron chi connectivity index (χ0n) is 21.1. The minimum atomic E-state index is -0.421. The van der Waals surface area contributed by atoms with Crippen molar-refractivity contribution in [2.45, 2.75) is 46.8 Å². The van der Waals surface area contributed by atoms with Gasteiger partial charge in [-0.25, -0.2) is 4.79 Å². The number of amides is 1. The first-order valence-electron chi connectivity index (χ1n) is 12.0. The highest BCUT2D eigenvalue weighted by molar-refractivity contribution is 5.78. The second kappa shape index (κ2) is 10.6. The lowest BCUT2D eigenvalue weighted by Gasteiger charge is -2.17. The molecule has 1 amide bonds. The minimum Gasteiger partial charge on any atom is -0.496 e. The van der Waals surface area contributed by atoms with Crippen LogP contribution in [0.1, 0.15) is 34.2 Å². The maximum Gasteiger partial charge on any atom is 0.331 e. The Bertz CT molecular complexity index is 1530. The van der Waals surface area contributed by atoms with Crippen LogP contribution in [0.25, 0.3) is 10.9 Å². The van der Waals surface area contributed by atoms with E-state index in [1.165, 1.54) is 4.57 Å². The molecule has 4 rings (SSSR count). The van der Waals surface area contributed by atoms with Crippen molar-refractivity contribution in [1.29, 1.82) is 0 Å². The van der Waals surface area contributed by atoms with Crippen LogP contribution >= 0.6 is 0 Å². The number of aromatic nitrogens is 2. The molecule has 3 aromatic carbocycles. The van der Waals surface area contributed by atoms with E-state index in [-0.39, 0.29) is 24.4 Å². The Labute approximate surface area is 210 Å². The van der Waals surface area contributed by atoms with Gasteiger partial charge < -0.3 is 10.1 Å². The number of carbonyl (C=O) groups is 1. The lowest BCUT2D eigenvalue weighted by Crippen LogP contribution is -2.41. The van der Waals surface area contributed by atoms with Gasteiger partial charge in [-0.05, 0) is 55.7 Å². The van der Waals surface area contributed by atoms with Gasteiger partial charge in [0.15, 0.2) is 0 Å². The monoisotopic (exact) mass is 485 g/mol. The number of hydrogen-bond donors (Lipinski definition) is 1. The van der Waals surface area contributed by atoms with E-state index in [0.29, 0.717) is 29.7 Å². The van der Waals surface area contributed by atoms with Gasteiger partial charge in [-0.1, -0.05) is 48.0 Å². The molecule has 0 bridgehead atoms. The topological polar surface area (TPSA) is 82.3 Å². The van der Waals surface area contributed by atoms with E-state index in [4.69, 9.17) is 4.74 Å². The van der Waals surface area contributed by atoms with Gasteiger partial charge in [0.1, 0.15) is 5.75 Å². The van der Waals surface area contributed by atoms with E-state index in [2.05, 4.69) is 17.4 Å². The number of ether oxygens (including phenoxy) is 1. The average molecular weight is 486 g/mol. The number of nitrogens with zero attached hydrogens (tertiary/aromatic N) is 2. The molecule has 1 N–H and O–H groups in total. The molecule has 7 heteroatoms. The van der Waals surface area contributed by atoms with Gasteiger partial charge in [-0.2, -0.15) is 0 Å². The van der Waals surface area contributed by atoms with Gasteiger partial charge in [0, 0.05) is 25.1 Å². The number of methoxy groups -OCH3 is 1. The van der Waals surface area contributed by atoms with Crippen molar-refractivity contribution < 1.29 is 9.53 Å². The predicted octanol–water partition coefficient (Wildman–Crippen LogP) is 3.85. The van der Waals surface area contributed by atoms with Crippen LogP contribution < -0.4 is 21.3 Å². The third-order valence-electron chi connectivity index (χ3n) is 6.52. The Balaban J connectivity index is 1.62. The molecule has 0 fully saturated rings. The molecular weight excluding hydrogens is 454 g/mol. The molecule has 1 aromatic heterocycles. The number of rotatable bonds is 8. The predicted molar refractivity (Wildman–Crippen MR) is 142 cm³/mol. The Morgan fingerprint density at radius 1 is 0.917 bits per heavy atom. The van der Waals surface area contributed by atoms with E-state index < -0.39 is 5.69 Å². The summed E-state index contributed by atoms with van der Waals surface area (Å²) in [5.74, 6) is 0.435. The summed E-state index contributed by atoms with van der Waals surface area (Å²) in [6.07, 6.45) is 0.00518. The van der Waals surface area contributed by atoms with E-state index in [1.807, 2.05) is 51.1 Å². The number of carbonyl (C=O) groups excluding carboxylic acids is 1. The Hall–Kier alpha value is -4.13. The quantitative estimate of drug-likeness (QED) is 0.411. The third kappa shape index (κ3) is 5.10. The summed E-state index contributed by atoms with van der Waals surface area (Å²) in [4.78, 5) is 39.4. The summed E-state index contributed by atoms with van der Waals surface area (Å²) in [5, 5.41) is 3.30. The number of benzene rings is 3. The largest absolute Gasteiger partial charge is 0.496 e. The van der Waals surface area contributed by atoms with Crippen molar-refractivity contribution in [2.75, 3.05) is 7.11 Å². The minimum absolute atomic E-state index is 0.00518. The molecule has 0 aliphatic rings. The van der Waals surface area contributed by atoms with Gasteiger partial charge in [0.05, 0.1) is 24.6 Å². The molecule has 0 radical (unpaired) electrons. The highest BCUT2D eigenvalue weighted by Crippen LogP contribution is 2.19. The summed E-state index contributed by atoms with van der Waals surface area (Å²) in [5.41, 5.74) is 5.03. The van der Waals surface area contributed by atoms with Crippen LogP contribution in [0.15, 0.2) is 70.3 Å². The van der Waals surface area contributed by atoms with Gasteiger partial charge in [-0.15, -0.1) is 0 Å². The molecule has 186 valence electrons. The van der Waals surface area contributed by atoms with Crippen LogP contribution in [-0.4, -0.2) is 22.2 Å². The molecule has 0 saturated carbocycles. The molecule has 36 heavy (non-hydrogen) atoms. The fourth-order valence-corrected chi connectivity index (χ4v) is 4.68. The van der Waals surface area contributed by atoms with E-state index in [0.717, 1.165) is 27.8 Å². The van der Waals surface area contributed by atoms with Crippen molar-refractivity contribution in [3.63, 3.8) is 0 Å². The van der Waals surface area contributed by atoms with Gasteiger partial charge >= 0.3 is 5.69 Å². The standard InChI is InChI=1S/C29H31N3O4/c1-19-15-20(2)24(21(3)16-19)18-32-25-11-7-6-10-23(25)28(34)31(29(32)35)14-13-27(33)30-17-22-9-5-8-12-26(22)36-4/h5-12,15-16H,13-14,17-18H2,1-4H3,(H,30,33). The lowest BCUT2D eigenvalue weighted by molar-refractivity contribution is -0.121. The van der Waals surface area contributed by atoms with Crippen molar-refractivity contribution in [1.82, 2.24) is 14.5 Å². The Kier molecular flexibility index (Phi) is 7.38. The fourth-order valence-electron chi connectivity index (χ4n) is 4.68.